The van der Waals surface area contributed by atoms with Crippen molar-refractivity contribution in [2.45, 2.75) is 77.4 Å². The van der Waals surface area contributed by atoms with Crippen molar-refractivity contribution in [3.8, 4) is 0 Å². The van der Waals surface area contributed by atoms with Crippen LogP contribution in [-0.2, 0) is 32.6 Å². The second kappa shape index (κ2) is 13.7. The minimum Gasteiger partial charge on any atom is -0.352 e. The number of nitrogens with zero attached hydrogens (tertiary/aromatic N) is 2. The van der Waals surface area contributed by atoms with Crippen molar-refractivity contribution in [1.29, 1.82) is 0 Å². The van der Waals surface area contributed by atoms with Gasteiger partial charge in [-0.3, -0.25) is 13.9 Å². The highest BCUT2D eigenvalue weighted by Gasteiger charge is 2.33. The zero-order valence-corrected chi connectivity index (χ0v) is 24.6. The fourth-order valence-corrected chi connectivity index (χ4v) is 5.98. The molecule has 2 aromatic rings. The lowest BCUT2D eigenvalue weighted by Crippen LogP contribution is -2.53. The Balaban J connectivity index is 1.92. The average Bonchev–Trinajstić information content (AvgIpc) is 2.89. The smallest absolute Gasteiger partial charge is 0.244 e. The van der Waals surface area contributed by atoms with Gasteiger partial charge < -0.3 is 10.2 Å². The number of sulfonamides is 1. The molecule has 1 N–H and O–H groups in total. The molecular formula is C28H37Cl2N3O4S. The van der Waals surface area contributed by atoms with Crippen LogP contribution in [0.2, 0.25) is 10.0 Å². The van der Waals surface area contributed by atoms with Crippen LogP contribution in [-0.4, -0.2) is 50.0 Å². The van der Waals surface area contributed by atoms with E-state index in [1.165, 1.54) is 4.90 Å². The third-order valence-corrected chi connectivity index (χ3v) is 8.87. The van der Waals surface area contributed by atoms with Gasteiger partial charge in [0.15, 0.2) is 0 Å². The normalized spacial score (nSPS) is 15.1. The summed E-state index contributed by atoms with van der Waals surface area (Å²) in [6.07, 6.45) is 7.37. The molecular weight excluding hydrogens is 545 g/mol. The lowest BCUT2D eigenvalue weighted by molar-refractivity contribution is -0.140. The van der Waals surface area contributed by atoms with Crippen LogP contribution in [0, 0.1) is 0 Å². The fraction of sp³-hybridized carbons (Fsp3) is 0.500. The van der Waals surface area contributed by atoms with Gasteiger partial charge in [0.1, 0.15) is 12.6 Å². The highest BCUT2D eigenvalue weighted by atomic mass is 35.5. The number of nitrogens with one attached hydrogen (secondary N) is 1. The summed E-state index contributed by atoms with van der Waals surface area (Å²) >= 11 is 12.3. The maximum atomic E-state index is 13.8. The van der Waals surface area contributed by atoms with E-state index in [0.717, 1.165) is 54.6 Å². The van der Waals surface area contributed by atoms with E-state index in [-0.39, 0.29) is 18.5 Å². The van der Waals surface area contributed by atoms with Crippen LogP contribution < -0.4 is 9.62 Å². The molecule has 7 nitrogen and oxygen atoms in total. The molecule has 0 radical (unpaired) electrons. The van der Waals surface area contributed by atoms with Crippen molar-refractivity contribution in [2.24, 2.45) is 0 Å². The summed E-state index contributed by atoms with van der Waals surface area (Å²) in [7, 11) is -3.78. The van der Waals surface area contributed by atoms with Crippen LogP contribution in [0.3, 0.4) is 0 Å². The Hall–Kier alpha value is -2.29. The largest absolute Gasteiger partial charge is 0.352 e. The Labute approximate surface area is 236 Å². The molecule has 0 spiro atoms. The molecule has 0 aromatic heterocycles. The van der Waals surface area contributed by atoms with E-state index in [1.807, 2.05) is 26.0 Å². The quantitative estimate of drug-likeness (QED) is 0.375. The number of hydrogen-bond acceptors (Lipinski definition) is 4. The summed E-state index contributed by atoms with van der Waals surface area (Å²) in [6, 6.07) is 11.4. The predicted molar refractivity (Wildman–Crippen MR) is 154 cm³/mol. The van der Waals surface area contributed by atoms with Gasteiger partial charge in [-0.1, -0.05) is 74.5 Å². The van der Waals surface area contributed by atoms with Crippen molar-refractivity contribution in [2.75, 3.05) is 17.1 Å². The number of aryl methyl sites for hydroxylation is 1. The molecule has 1 atom stereocenters. The van der Waals surface area contributed by atoms with E-state index < -0.39 is 28.5 Å². The number of carbonyl (C=O) groups excluding carboxylic acids is 2. The first kappa shape index (κ1) is 30.3. The van der Waals surface area contributed by atoms with E-state index in [4.69, 9.17) is 23.2 Å². The van der Waals surface area contributed by atoms with Crippen molar-refractivity contribution in [3.05, 3.63) is 63.6 Å². The van der Waals surface area contributed by atoms with Gasteiger partial charge in [-0.2, -0.15) is 0 Å². The zero-order chi connectivity index (χ0) is 27.9. The van der Waals surface area contributed by atoms with E-state index in [2.05, 4.69) is 5.32 Å². The minimum atomic E-state index is -3.78. The Morgan fingerprint density at radius 3 is 2.16 bits per heavy atom. The summed E-state index contributed by atoms with van der Waals surface area (Å²) < 4.78 is 26.6. The van der Waals surface area contributed by atoms with Gasteiger partial charge in [0.25, 0.3) is 0 Å². The van der Waals surface area contributed by atoms with Gasteiger partial charge in [-0.25, -0.2) is 8.42 Å². The first-order valence-electron chi connectivity index (χ1n) is 13.1. The predicted octanol–water partition coefficient (Wildman–Crippen LogP) is 5.58. The van der Waals surface area contributed by atoms with E-state index in [1.54, 1.807) is 30.3 Å². The van der Waals surface area contributed by atoms with Crippen molar-refractivity contribution >= 4 is 50.7 Å². The molecule has 0 aliphatic heterocycles. The first-order valence-corrected chi connectivity index (χ1v) is 15.7. The zero-order valence-electron chi connectivity index (χ0n) is 22.3. The topological polar surface area (TPSA) is 86.8 Å². The van der Waals surface area contributed by atoms with Crippen molar-refractivity contribution < 1.29 is 18.0 Å². The Kier molecular flexibility index (Phi) is 10.9. The van der Waals surface area contributed by atoms with E-state index in [0.29, 0.717) is 27.7 Å². The maximum Gasteiger partial charge on any atom is 0.244 e. The number of hydrogen-bond donors (Lipinski definition) is 1. The van der Waals surface area contributed by atoms with Gasteiger partial charge >= 0.3 is 0 Å². The molecule has 208 valence electrons. The van der Waals surface area contributed by atoms with Crippen LogP contribution in [0.5, 0.6) is 0 Å². The third kappa shape index (κ3) is 8.10. The molecule has 3 rings (SSSR count). The minimum absolute atomic E-state index is 0.0804. The van der Waals surface area contributed by atoms with Crippen molar-refractivity contribution in [3.63, 3.8) is 0 Å². The number of benzene rings is 2. The molecule has 0 saturated heterocycles. The summed E-state index contributed by atoms with van der Waals surface area (Å²) in [5.74, 6) is -0.710. The Morgan fingerprint density at radius 2 is 1.61 bits per heavy atom. The highest BCUT2D eigenvalue weighted by Crippen LogP contribution is 2.25. The molecule has 0 bridgehead atoms. The first-order chi connectivity index (χ1) is 18.0. The molecule has 2 amide bonds. The Morgan fingerprint density at radius 1 is 0.974 bits per heavy atom. The summed E-state index contributed by atoms with van der Waals surface area (Å²) in [5, 5.41) is 3.85. The van der Waals surface area contributed by atoms with E-state index >= 15 is 0 Å². The van der Waals surface area contributed by atoms with Crippen LogP contribution >= 0.6 is 23.2 Å². The SMILES string of the molecule is CCc1ccc(N(CC(=O)N(Cc2ccc(Cl)c(Cl)c2)[C@H](CC)C(=O)NC2CCCCC2)S(C)(=O)=O)cc1. The molecule has 38 heavy (non-hydrogen) atoms. The number of amides is 2. The molecule has 1 fully saturated rings. The fourth-order valence-electron chi connectivity index (χ4n) is 4.81. The van der Waals surface area contributed by atoms with Crippen LogP contribution in [0.1, 0.15) is 63.5 Å². The maximum absolute atomic E-state index is 13.8. The standard InChI is InChI=1S/C28H37Cl2N3O4S/c1-4-20-11-14-23(15-12-20)33(38(3,36)37)19-27(34)32(18-21-13-16-24(29)25(30)17-21)26(5-2)28(35)31-22-9-7-6-8-10-22/h11-17,22,26H,4-10,18-19H2,1-3H3,(H,31,35)/t26-/m1/s1. The molecule has 1 saturated carbocycles. The number of rotatable bonds is 11. The summed E-state index contributed by atoms with van der Waals surface area (Å²) in [5.41, 5.74) is 2.14. The second-order valence-electron chi connectivity index (χ2n) is 9.83. The summed E-state index contributed by atoms with van der Waals surface area (Å²) in [6.45, 7) is 3.51. The summed E-state index contributed by atoms with van der Waals surface area (Å²) in [4.78, 5) is 28.7. The number of carbonyl (C=O) groups is 2. The van der Waals surface area contributed by atoms with Gasteiger partial charge in [-0.05, 0) is 61.1 Å². The molecule has 1 aliphatic rings. The van der Waals surface area contributed by atoms with Crippen molar-refractivity contribution in [1.82, 2.24) is 10.2 Å². The lowest BCUT2D eigenvalue weighted by Gasteiger charge is -2.34. The van der Waals surface area contributed by atoms with Gasteiger partial charge in [0, 0.05) is 12.6 Å². The number of halogens is 2. The molecule has 0 unspecified atom stereocenters. The third-order valence-electron chi connectivity index (χ3n) is 6.99. The molecule has 10 heteroatoms. The van der Waals surface area contributed by atoms with Crippen LogP contribution in [0.25, 0.3) is 0 Å². The monoisotopic (exact) mass is 581 g/mol. The highest BCUT2D eigenvalue weighted by molar-refractivity contribution is 7.92. The van der Waals surface area contributed by atoms with E-state index in [9.17, 15) is 18.0 Å². The lowest BCUT2D eigenvalue weighted by atomic mass is 9.95. The average molecular weight is 583 g/mol. The Bertz CT molecular complexity index is 1220. The van der Waals surface area contributed by atoms with Gasteiger partial charge in [0.05, 0.1) is 22.0 Å². The van der Waals surface area contributed by atoms with Crippen LogP contribution in [0.4, 0.5) is 5.69 Å². The van der Waals surface area contributed by atoms with Gasteiger partial charge in [-0.15, -0.1) is 0 Å². The van der Waals surface area contributed by atoms with Gasteiger partial charge in [0.2, 0.25) is 21.8 Å². The molecule has 2 aromatic carbocycles. The van der Waals surface area contributed by atoms with Crippen LogP contribution in [0.15, 0.2) is 42.5 Å². The second-order valence-corrected chi connectivity index (χ2v) is 12.5. The molecule has 1 aliphatic carbocycles. The number of anilines is 1. The molecule has 0 heterocycles.